The molecule has 4 nitrogen and oxygen atoms in total. The third-order valence-electron chi connectivity index (χ3n) is 20.7. The maximum absolute atomic E-state index is 10.8. The van der Waals surface area contributed by atoms with Crippen molar-refractivity contribution in [3.8, 4) is 6.07 Å². The number of nitriles is 1. The van der Waals surface area contributed by atoms with E-state index in [4.69, 9.17) is 0 Å². The molecule has 5 aliphatic heterocycles. The second-order valence-corrected chi connectivity index (χ2v) is 23.0. The minimum Gasteiger partial charge on any atom is -0.370 e. The summed E-state index contributed by atoms with van der Waals surface area (Å²) in [6.07, 6.45) is 4.58. The van der Waals surface area contributed by atoms with Gasteiger partial charge in [0.05, 0.1) is 6.07 Å². The van der Waals surface area contributed by atoms with E-state index in [1.165, 1.54) is 48.3 Å². The maximum atomic E-state index is 10.8. The van der Waals surface area contributed by atoms with Crippen LogP contribution in [0.5, 0.6) is 0 Å². The summed E-state index contributed by atoms with van der Waals surface area (Å²) in [7, 11) is 2.47. The van der Waals surface area contributed by atoms with Crippen LogP contribution in [0.15, 0.2) is 42.0 Å². The van der Waals surface area contributed by atoms with Gasteiger partial charge in [0.1, 0.15) is 6.04 Å². The minimum atomic E-state index is -0.191. The van der Waals surface area contributed by atoms with Crippen molar-refractivity contribution in [3.05, 3.63) is 69.8 Å². The zero-order valence-corrected chi connectivity index (χ0v) is 40.0. The molecule has 12 atom stereocenters. The molecule has 2 aliphatic carbocycles. The standard InChI is InChI=1S/C52H74N4.C2H6/c1-16-51-34(5)32(3)28-55-24-22-52(45(51)55)40-26-39(31(2)25-41(40)54(15)44(52)46(7,8)35(51)6)50(14)29-49(13)30-56(42(27-53)47(9,10)48(49,11)12)23-21-38-37-20-18-17-19-36(37)33(4)43(38)50;1-2/h17-20,25-26,32-35,42,44-45H,16,21-24,28-30H2,1-15H3;1-2H3. The third kappa shape index (κ3) is 4.76. The molecule has 316 valence electrons. The van der Waals surface area contributed by atoms with Crippen LogP contribution in [-0.4, -0.2) is 61.2 Å². The predicted octanol–water partition coefficient (Wildman–Crippen LogP) is 12.4. The lowest BCUT2D eigenvalue weighted by Crippen LogP contribution is -2.75. The SMILES string of the molecule is CC.CCC12C(C)C(C)CN3CCC4(c5cc(C6(C)CC7(C)CN(CCC8=C6C(C)c6ccccc68)C(C#N)C(C)(C)C7(C)C)c(C)cc5N(C)C4C(C)(C)C1C)C32. The molecule has 7 aliphatic rings. The predicted molar refractivity (Wildman–Crippen MR) is 245 cm³/mol. The van der Waals surface area contributed by atoms with Crippen molar-refractivity contribution in [3.63, 3.8) is 0 Å². The van der Waals surface area contributed by atoms with Crippen LogP contribution >= 0.6 is 0 Å². The zero-order chi connectivity index (χ0) is 42.5. The van der Waals surface area contributed by atoms with Crippen molar-refractivity contribution in [1.29, 1.82) is 5.26 Å². The van der Waals surface area contributed by atoms with Crippen molar-refractivity contribution in [1.82, 2.24) is 9.80 Å². The Balaban J connectivity index is 0.00000231. The van der Waals surface area contributed by atoms with Gasteiger partial charge in [-0.2, -0.15) is 5.26 Å². The highest BCUT2D eigenvalue weighted by molar-refractivity contribution is 5.82. The lowest BCUT2D eigenvalue weighted by Gasteiger charge is -2.70. The zero-order valence-electron chi connectivity index (χ0n) is 40.0. The maximum Gasteiger partial charge on any atom is 0.103 e. The van der Waals surface area contributed by atoms with Gasteiger partial charge in [0.2, 0.25) is 0 Å². The highest BCUT2D eigenvalue weighted by Gasteiger charge is 2.76. The molecule has 2 aromatic rings. The Labute approximate surface area is 355 Å². The number of hydrogen-bond donors (Lipinski definition) is 0. The van der Waals surface area contributed by atoms with Gasteiger partial charge in [-0.05, 0) is 129 Å². The number of hydrogen-bond acceptors (Lipinski definition) is 4. The van der Waals surface area contributed by atoms with E-state index in [1.54, 1.807) is 22.3 Å². The second kappa shape index (κ2) is 13.2. The number of aryl methyl sites for hydroxylation is 1. The highest BCUT2D eigenvalue weighted by Crippen LogP contribution is 2.73. The van der Waals surface area contributed by atoms with E-state index in [0.29, 0.717) is 35.8 Å². The fourth-order valence-corrected chi connectivity index (χ4v) is 17.1. The molecule has 0 amide bonds. The first kappa shape index (κ1) is 42.1. The van der Waals surface area contributed by atoms with Crippen molar-refractivity contribution < 1.29 is 0 Å². The van der Waals surface area contributed by atoms with Gasteiger partial charge in [-0.25, -0.2) is 0 Å². The Morgan fingerprint density at radius 2 is 1.53 bits per heavy atom. The molecule has 0 aromatic heterocycles. The molecule has 2 bridgehead atoms. The first-order chi connectivity index (χ1) is 27.1. The molecule has 58 heavy (non-hydrogen) atoms. The molecular formula is C54H80N4. The summed E-state index contributed by atoms with van der Waals surface area (Å²) in [5, 5.41) is 10.8. The summed E-state index contributed by atoms with van der Waals surface area (Å²) in [4.78, 5) is 8.42. The quantitative estimate of drug-likeness (QED) is 0.304. The van der Waals surface area contributed by atoms with Gasteiger partial charge in [-0.1, -0.05) is 134 Å². The molecule has 0 N–H and O–H groups in total. The molecule has 5 heterocycles. The number of likely N-dealkylation sites (N-methyl/N-ethyl adjacent to an activating group) is 1. The molecule has 3 saturated heterocycles. The summed E-state index contributed by atoms with van der Waals surface area (Å²) in [6.45, 7) is 44.2. The summed E-state index contributed by atoms with van der Waals surface area (Å²) in [5.41, 5.74) is 12.4. The number of allylic oxidation sites excluding steroid dienone is 1. The average Bonchev–Trinajstić information content (AvgIpc) is 3.78. The minimum absolute atomic E-state index is 0.0304. The van der Waals surface area contributed by atoms with Crippen LogP contribution in [0, 0.1) is 63.1 Å². The number of fused-ring (bicyclic) bond motifs is 5. The van der Waals surface area contributed by atoms with Crippen molar-refractivity contribution in [2.75, 3.05) is 38.1 Å². The topological polar surface area (TPSA) is 33.5 Å². The van der Waals surface area contributed by atoms with E-state index in [2.05, 4.69) is 161 Å². The van der Waals surface area contributed by atoms with Crippen LogP contribution in [0.1, 0.15) is 163 Å². The van der Waals surface area contributed by atoms with E-state index in [1.807, 2.05) is 13.8 Å². The lowest BCUT2D eigenvalue weighted by molar-refractivity contribution is -0.171. The Hall–Kier alpha value is -2.61. The van der Waals surface area contributed by atoms with Gasteiger partial charge in [-0.3, -0.25) is 9.80 Å². The average molecular weight is 785 g/mol. The fourth-order valence-electron chi connectivity index (χ4n) is 17.1. The van der Waals surface area contributed by atoms with E-state index < -0.39 is 0 Å². The molecule has 4 fully saturated rings. The number of anilines is 1. The third-order valence-corrected chi connectivity index (χ3v) is 20.7. The van der Waals surface area contributed by atoms with E-state index in [0.717, 1.165) is 25.9 Å². The van der Waals surface area contributed by atoms with Gasteiger partial charge >= 0.3 is 0 Å². The van der Waals surface area contributed by atoms with Gasteiger partial charge < -0.3 is 4.90 Å². The van der Waals surface area contributed by atoms with Gasteiger partial charge in [-0.15, -0.1) is 0 Å². The van der Waals surface area contributed by atoms with E-state index in [9.17, 15) is 5.26 Å². The van der Waals surface area contributed by atoms with Gasteiger partial charge in [0.15, 0.2) is 0 Å². The number of piperidine rings is 2. The molecule has 9 rings (SSSR count). The largest absolute Gasteiger partial charge is 0.370 e. The van der Waals surface area contributed by atoms with Crippen molar-refractivity contribution in [2.45, 2.75) is 171 Å². The Morgan fingerprint density at radius 3 is 2.19 bits per heavy atom. The van der Waals surface area contributed by atoms with Gasteiger partial charge in [0, 0.05) is 61.2 Å². The van der Waals surface area contributed by atoms with Crippen LogP contribution in [0.2, 0.25) is 0 Å². The van der Waals surface area contributed by atoms with Crippen LogP contribution < -0.4 is 4.90 Å². The van der Waals surface area contributed by atoms with E-state index >= 15 is 0 Å². The van der Waals surface area contributed by atoms with Crippen molar-refractivity contribution in [2.24, 2.45) is 44.8 Å². The van der Waals surface area contributed by atoms with Crippen LogP contribution in [0.25, 0.3) is 5.57 Å². The molecule has 4 heteroatoms. The lowest BCUT2D eigenvalue weighted by atomic mass is 9.39. The molecule has 0 radical (unpaired) electrons. The Bertz CT molecular complexity index is 2060. The summed E-state index contributed by atoms with van der Waals surface area (Å²) < 4.78 is 0. The smallest absolute Gasteiger partial charge is 0.103 e. The van der Waals surface area contributed by atoms with Crippen LogP contribution in [0.4, 0.5) is 5.69 Å². The molecule has 1 saturated carbocycles. The Morgan fingerprint density at radius 1 is 0.862 bits per heavy atom. The summed E-state index contributed by atoms with van der Waals surface area (Å²) >= 11 is 0. The molecule has 12 unspecified atom stereocenters. The first-order valence-corrected chi connectivity index (χ1v) is 23.7. The normalized spacial score (nSPS) is 42.7. The Kier molecular flexibility index (Phi) is 9.58. The van der Waals surface area contributed by atoms with Crippen LogP contribution in [-0.2, 0) is 10.8 Å². The first-order valence-electron chi connectivity index (χ1n) is 23.7. The second-order valence-electron chi connectivity index (χ2n) is 23.0. The summed E-state index contributed by atoms with van der Waals surface area (Å²) in [6, 6.07) is 18.6. The molecule has 2 aromatic carbocycles. The van der Waals surface area contributed by atoms with E-state index in [-0.39, 0.29) is 43.9 Å². The summed E-state index contributed by atoms with van der Waals surface area (Å²) in [5.74, 6) is 2.36. The number of nitrogens with zero attached hydrogens (tertiary/aromatic N) is 4. The monoisotopic (exact) mass is 785 g/mol. The molecular weight excluding hydrogens is 705 g/mol. The molecule has 1 spiro atoms. The van der Waals surface area contributed by atoms with Crippen LogP contribution in [0.3, 0.4) is 0 Å². The highest BCUT2D eigenvalue weighted by atomic mass is 15.3. The number of benzene rings is 2. The van der Waals surface area contributed by atoms with Gasteiger partial charge in [0.25, 0.3) is 0 Å². The number of rotatable bonds is 2. The van der Waals surface area contributed by atoms with Crippen molar-refractivity contribution >= 4 is 11.3 Å². The fraction of sp³-hybridized carbons (Fsp3) is 0.722.